The Balaban J connectivity index is 1.41. The van der Waals surface area contributed by atoms with Gasteiger partial charge in [0.05, 0.1) is 25.4 Å². The Morgan fingerprint density at radius 1 is 1.09 bits per heavy atom. The van der Waals surface area contributed by atoms with E-state index in [1.807, 2.05) is 0 Å². The van der Waals surface area contributed by atoms with E-state index in [0.717, 1.165) is 64.2 Å². The van der Waals surface area contributed by atoms with E-state index >= 15 is 0 Å². The Labute approximate surface area is 281 Å². The molecular formula is C37H61NO9. The molecule has 0 aromatic carbocycles. The Morgan fingerprint density at radius 2 is 1.83 bits per heavy atom. The maximum absolute atomic E-state index is 12.2. The van der Waals surface area contributed by atoms with Crippen molar-refractivity contribution in [3.05, 3.63) is 11.6 Å². The van der Waals surface area contributed by atoms with Crippen LogP contribution in [-0.4, -0.2) is 88.4 Å². The van der Waals surface area contributed by atoms with Gasteiger partial charge in [-0.15, -0.1) is 0 Å². The summed E-state index contributed by atoms with van der Waals surface area (Å²) in [6.07, 6.45) is 6.86. The smallest absolute Gasteiger partial charge is 0.302 e. The molecule has 0 aromatic heterocycles. The minimum atomic E-state index is -1.36. The molecule has 0 radical (unpaired) electrons. The molecule has 15 atom stereocenters. The first-order chi connectivity index (χ1) is 22.2. The number of allylic oxidation sites excluding steroid dienone is 1. The summed E-state index contributed by atoms with van der Waals surface area (Å²) in [5, 5.41) is 44.9. The fourth-order valence-electron chi connectivity index (χ4n) is 10.8. The van der Waals surface area contributed by atoms with Crippen LogP contribution < -0.4 is 5.32 Å². The lowest BCUT2D eigenvalue weighted by Gasteiger charge is -2.59. The van der Waals surface area contributed by atoms with Gasteiger partial charge in [-0.05, 0) is 97.7 Å². The van der Waals surface area contributed by atoms with Crippen LogP contribution >= 0.6 is 0 Å². The first-order valence-corrected chi connectivity index (χ1v) is 18.3. The fourth-order valence-corrected chi connectivity index (χ4v) is 10.8. The molecule has 47 heavy (non-hydrogen) atoms. The SMILES string of the molecule is CC(=O)N[C@H]1[C@H](O[C@@H]2C[C@H]([C@H](C)CCC[C@@H](C)COC(C)=O)[C@@]3(C)CCC4C(CC=C5CC(O)CC[C@@]54C)C23)O[C@H](CO)[C@@H](O)[C@H]1O. The van der Waals surface area contributed by atoms with Gasteiger partial charge in [-0.3, -0.25) is 9.59 Å². The summed E-state index contributed by atoms with van der Waals surface area (Å²) in [7, 11) is 0. The molecule has 4 unspecified atom stereocenters. The number of aliphatic hydroxyl groups is 4. The van der Waals surface area contributed by atoms with Crippen molar-refractivity contribution in [2.75, 3.05) is 13.2 Å². The number of nitrogens with one attached hydrogen (secondary N) is 1. The highest BCUT2D eigenvalue weighted by Crippen LogP contribution is 2.68. The number of fused-ring (bicyclic) bond motifs is 5. The molecule has 5 N–H and O–H groups in total. The van der Waals surface area contributed by atoms with Crippen molar-refractivity contribution >= 4 is 11.9 Å². The monoisotopic (exact) mass is 663 g/mol. The minimum Gasteiger partial charge on any atom is -0.466 e. The van der Waals surface area contributed by atoms with Gasteiger partial charge in [0.25, 0.3) is 0 Å². The average Bonchev–Trinajstić information content (AvgIpc) is 3.31. The third-order valence-electron chi connectivity index (χ3n) is 13.3. The predicted octanol–water partition coefficient (Wildman–Crippen LogP) is 3.87. The lowest BCUT2D eigenvalue weighted by molar-refractivity contribution is -0.289. The van der Waals surface area contributed by atoms with Gasteiger partial charge in [0.2, 0.25) is 5.91 Å². The fraction of sp³-hybridized carbons (Fsp3) is 0.892. The number of ether oxygens (including phenoxy) is 3. The number of rotatable bonds is 11. The third-order valence-corrected chi connectivity index (χ3v) is 13.3. The highest BCUT2D eigenvalue weighted by atomic mass is 16.7. The van der Waals surface area contributed by atoms with Crippen molar-refractivity contribution in [1.82, 2.24) is 5.32 Å². The standard InChI is InChI=1S/C37H61NO9/c1-20(19-45-23(4)41)8-7-9-21(2)28-17-29(46-35-32(38-22(3)40)34(44)33(43)30(18-39)47-35)31-26-11-10-24-16-25(42)12-14-36(24,5)27(26)13-15-37(28,31)6/h10,20-21,25-35,39,42-44H,7-9,11-19H2,1-6H3,(H,38,40)/t20-,21-,25?,26?,27?,28-,29-,30-,31?,32-,33-,34+,35-,36+,37-/m1/s1. The second kappa shape index (κ2) is 14.7. The molecule has 1 heterocycles. The number of aliphatic hydroxyl groups excluding tert-OH is 4. The van der Waals surface area contributed by atoms with Crippen LogP contribution in [0.15, 0.2) is 11.6 Å². The van der Waals surface area contributed by atoms with Crippen molar-refractivity contribution in [2.45, 2.75) is 149 Å². The Bertz CT molecular complexity index is 1150. The van der Waals surface area contributed by atoms with Gasteiger partial charge in [0, 0.05) is 13.8 Å². The number of hydrogen-bond donors (Lipinski definition) is 5. The molecule has 10 heteroatoms. The Hall–Kier alpha value is -1.56. The summed E-state index contributed by atoms with van der Waals surface area (Å²) in [6.45, 7) is 12.1. The molecule has 5 aliphatic rings. The third kappa shape index (κ3) is 7.34. The topological polar surface area (TPSA) is 155 Å². The highest BCUT2D eigenvalue weighted by molar-refractivity contribution is 5.73. The zero-order valence-corrected chi connectivity index (χ0v) is 29.4. The Morgan fingerprint density at radius 3 is 2.51 bits per heavy atom. The molecule has 0 bridgehead atoms. The van der Waals surface area contributed by atoms with E-state index < -0.39 is 37.3 Å². The summed E-state index contributed by atoms with van der Waals surface area (Å²) in [4.78, 5) is 23.5. The first kappa shape index (κ1) is 36.7. The normalized spacial score (nSPS) is 44.3. The molecule has 0 spiro atoms. The van der Waals surface area contributed by atoms with Crippen LogP contribution in [0.4, 0.5) is 0 Å². The van der Waals surface area contributed by atoms with Gasteiger partial charge in [0.1, 0.15) is 24.4 Å². The number of carbonyl (C=O) groups is 2. The van der Waals surface area contributed by atoms with Crippen molar-refractivity contribution in [1.29, 1.82) is 0 Å². The summed E-state index contributed by atoms with van der Waals surface area (Å²) in [5.74, 6) is 1.60. The second-order valence-corrected chi connectivity index (χ2v) is 16.4. The molecule has 1 saturated heterocycles. The molecule has 4 fully saturated rings. The van der Waals surface area contributed by atoms with Gasteiger partial charge in [-0.2, -0.15) is 0 Å². The van der Waals surface area contributed by atoms with Crippen molar-refractivity contribution < 1.29 is 44.2 Å². The van der Waals surface area contributed by atoms with Gasteiger partial charge in [-0.25, -0.2) is 0 Å². The first-order valence-electron chi connectivity index (χ1n) is 18.3. The minimum absolute atomic E-state index is 0.0111. The number of hydrogen-bond acceptors (Lipinski definition) is 9. The van der Waals surface area contributed by atoms with E-state index in [9.17, 15) is 30.0 Å². The Kier molecular flexibility index (Phi) is 11.5. The molecule has 4 aliphatic carbocycles. The summed E-state index contributed by atoms with van der Waals surface area (Å²) in [5.41, 5.74) is 1.48. The molecule has 0 aromatic rings. The zero-order chi connectivity index (χ0) is 34.3. The van der Waals surface area contributed by atoms with Crippen LogP contribution in [-0.2, 0) is 23.8 Å². The largest absolute Gasteiger partial charge is 0.466 e. The highest BCUT2D eigenvalue weighted by Gasteiger charge is 2.63. The van der Waals surface area contributed by atoms with E-state index in [4.69, 9.17) is 14.2 Å². The zero-order valence-electron chi connectivity index (χ0n) is 29.4. The summed E-state index contributed by atoms with van der Waals surface area (Å²) >= 11 is 0. The van der Waals surface area contributed by atoms with E-state index in [1.54, 1.807) is 0 Å². The van der Waals surface area contributed by atoms with E-state index in [-0.39, 0.29) is 40.8 Å². The number of amides is 1. The predicted molar refractivity (Wildman–Crippen MR) is 176 cm³/mol. The van der Waals surface area contributed by atoms with Gasteiger partial charge in [0.15, 0.2) is 6.29 Å². The molecule has 10 nitrogen and oxygen atoms in total. The number of esters is 1. The molecule has 1 aliphatic heterocycles. The summed E-state index contributed by atoms with van der Waals surface area (Å²) < 4.78 is 18.3. The molecule has 3 saturated carbocycles. The second-order valence-electron chi connectivity index (χ2n) is 16.4. The summed E-state index contributed by atoms with van der Waals surface area (Å²) in [6, 6.07) is -0.971. The van der Waals surface area contributed by atoms with Crippen LogP contribution in [0, 0.1) is 46.3 Å². The van der Waals surface area contributed by atoms with Gasteiger partial charge in [-0.1, -0.05) is 52.2 Å². The van der Waals surface area contributed by atoms with Crippen LogP contribution in [0.25, 0.3) is 0 Å². The van der Waals surface area contributed by atoms with Crippen LogP contribution in [0.3, 0.4) is 0 Å². The molecule has 268 valence electrons. The lowest BCUT2D eigenvalue weighted by Crippen LogP contribution is -2.65. The maximum atomic E-state index is 12.2. The van der Waals surface area contributed by atoms with Crippen molar-refractivity contribution in [3.8, 4) is 0 Å². The lowest BCUT2D eigenvalue weighted by atomic mass is 9.46. The van der Waals surface area contributed by atoms with Crippen LogP contribution in [0.5, 0.6) is 0 Å². The van der Waals surface area contributed by atoms with Crippen molar-refractivity contribution in [2.24, 2.45) is 46.3 Å². The van der Waals surface area contributed by atoms with Gasteiger partial charge >= 0.3 is 5.97 Å². The number of carbonyl (C=O) groups excluding carboxylic acids is 2. The molecule has 5 rings (SSSR count). The van der Waals surface area contributed by atoms with Crippen LogP contribution in [0.1, 0.15) is 106 Å². The molecule has 1 amide bonds. The van der Waals surface area contributed by atoms with Crippen LogP contribution in [0.2, 0.25) is 0 Å². The van der Waals surface area contributed by atoms with Crippen molar-refractivity contribution in [3.63, 3.8) is 0 Å². The molecular weight excluding hydrogens is 602 g/mol. The van der Waals surface area contributed by atoms with E-state index in [0.29, 0.717) is 36.2 Å². The van der Waals surface area contributed by atoms with Gasteiger partial charge < -0.3 is 40.0 Å². The average molecular weight is 664 g/mol. The quantitative estimate of drug-likeness (QED) is 0.164. The maximum Gasteiger partial charge on any atom is 0.302 e. The van der Waals surface area contributed by atoms with E-state index in [1.165, 1.54) is 19.4 Å². The van der Waals surface area contributed by atoms with E-state index in [2.05, 4.69) is 39.1 Å².